The van der Waals surface area contributed by atoms with Gasteiger partial charge < -0.3 is 85.2 Å². The molecule has 1 aliphatic carbocycles. The zero-order valence-electron chi connectivity index (χ0n) is 72.4. The average molecular weight is 1790 g/mol. The molecule has 0 saturated carbocycles. The van der Waals surface area contributed by atoms with Gasteiger partial charge in [-0.05, 0) is 224 Å². The number of anilines is 6. The van der Waals surface area contributed by atoms with Gasteiger partial charge in [0.1, 0.15) is 0 Å². The van der Waals surface area contributed by atoms with E-state index in [1.54, 1.807) is 6.08 Å². The lowest BCUT2D eigenvalue weighted by molar-refractivity contribution is 0.122. The van der Waals surface area contributed by atoms with E-state index in [1.165, 1.54) is 39.1 Å². The number of halogens is 4. The van der Waals surface area contributed by atoms with E-state index < -0.39 is 6.10 Å². The van der Waals surface area contributed by atoms with Crippen LogP contribution in [-0.4, -0.2) is 208 Å². The van der Waals surface area contributed by atoms with Gasteiger partial charge in [0.2, 0.25) is 0 Å². The van der Waals surface area contributed by atoms with E-state index in [2.05, 4.69) is 225 Å². The van der Waals surface area contributed by atoms with Crippen LogP contribution in [0.2, 0.25) is 20.1 Å². The summed E-state index contributed by atoms with van der Waals surface area (Å²) in [6.07, 6.45) is 7.61. The van der Waals surface area contributed by atoms with E-state index in [-0.39, 0.29) is 88.0 Å². The molecular weight excluding hydrogens is 1660 g/mol. The molecule has 2 fully saturated rings. The van der Waals surface area contributed by atoms with Crippen molar-refractivity contribution < 1.29 is 55.8 Å². The minimum Gasteiger partial charge on any atom is -0.395 e. The van der Waals surface area contributed by atoms with Crippen molar-refractivity contribution in [2.75, 3.05) is 174 Å². The lowest BCUT2D eigenvalue weighted by Gasteiger charge is -2.32. The topological polar surface area (TPSA) is 231 Å². The van der Waals surface area contributed by atoms with Gasteiger partial charge >= 0.3 is 0 Å². The van der Waals surface area contributed by atoms with Crippen LogP contribution in [0.5, 0.6) is 0 Å². The summed E-state index contributed by atoms with van der Waals surface area (Å²) < 4.78 is 5.48. The molecule has 2 aliphatic heterocycles. The van der Waals surface area contributed by atoms with E-state index >= 15 is 0 Å². The molecule has 11 aromatic rings. The molecule has 17 nitrogen and oxygen atoms in total. The minimum absolute atomic E-state index is 0.0234. The number of piperidine rings is 1. The SMILES string of the molecule is CC(C)(C)C(c1ccc(Cl)cc1)c1ccc(N(CCO)CCO)cc1.OCCN(CCO)c1ccc(C(c2ccc(Cl)cc2)c2ccc(C3=CC(O)C=CC3)cc2)cc1.OCCN(CCO)c1ccc(C(c2ccc(Cl)cc2)c2ccc(N3CCCC(O)C3)cc2)cc1.OCCN(CCO)c1ccc(C(c2ccc(Cl)cc2)c2ccc(N3CCOCC3)cc2)cc1. The van der Waals surface area contributed by atoms with Gasteiger partial charge in [-0.3, -0.25) is 0 Å². The summed E-state index contributed by atoms with van der Waals surface area (Å²) in [7, 11) is 0. The molecule has 2 saturated heterocycles. The Kier molecular flexibility index (Phi) is 38.3. The highest BCUT2D eigenvalue weighted by atomic mass is 35.5. The van der Waals surface area contributed by atoms with Gasteiger partial charge in [0.25, 0.3) is 0 Å². The molecule has 0 radical (unpaired) electrons. The predicted molar refractivity (Wildman–Crippen MR) is 519 cm³/mol. The third-order valence-corrected chi connectivity index (χ3v) is 24.3. The number of aliphatic hydroxyl groups excluding tert-OH is 10. The van der Waals surface area contributed by atoms with Gasteiger partial charge in [-0.1, -0.05) is 225 Å². The lowest BCUT2D eigenvalue weighted by atomic mass is 9.72. The Labute approximate surface area is 764 Å². The fourth-order valence-electron chi connectivity index (χ4n) is 17.0. The molecule has 21 heteroatoms. The van der Waals surface area contributed by atoms with Crippen LogP contribution in [0.15, 0.2) is 285 Å². The van der Waals surface area contributed by atoms with Gasteiger partial charge in [-0.2, -0.15) is 0 Å². The van der Waals surface area contributed by atoms with E-state index in [0.29, 0.717) is 68.9 Å². The standard InChI is InChI=1S/C29H30ClNO3.C28H33ClN2O3.C27H31ClN2O3.C21H28ClNO2/c30-26-12-8-23(9-13-26)29(24-10-14-27(15-11-24)31(16-18-32)17-19-33)22-6-4-21(5-7-22)25-2-1-3-28(34)20-25;29-24-9-3-21(4-10-24)28(22-5-11-25(12-6-22)30(16-18-32)17-19-33)23-7-13-26(14-8-23)31-15-1-2-27(34)20-31;28-24-7-1-21(2-8-24)27(22-3-9-25(10-4-22)29(13-17-31)14-18-32)23-5-11-26(12-6-23)30-15-19-33-20-16-30;1-21(2,3)20(16-4-8-18(22)9-5-16)17-6-10-19(11-7-17)23(12-14-24)13-15-25/h1,3-15,20,28-29,32-34H,2,16-19H2;3-14,27-28,32-34H,1-2,15-20H2;1-12,27,31-32H,13-20H2;4-11,20,24-25H,12-15H2,1-3H3. The molecule has 666 valence electrons. The van der Waals surface area contributed by atoms with E-state index in [0.717, 1.165) is 130 Å². The van der Waals surface area contributed by atoms with Crippen molar-refractivity contribution in [3.05, 3.63) is 372 Å². The molecule has 6 atom stereocenters. The summed E-state index contributed by atoms with van der Waals surface area (Å²) in [6.45, 7) is 16.0. The van der Waals surface area contributed by atoms with Crippen molar-refractivity contribution in [3.8, 4) is 0 Å². The Hall–Kier alpha value is -9.58. The monoisotopic (exact) mass is 1780 g/mol. The molecule has 0 bridgehead atoms. The fraction of sp³-hybridized carbons (Fsp3) is 0.333. The second-order valence-corrected chi connectivity index (χ2v) is 34.6. The van der Waals surface area contributed by atoms with Crippen LogP contribution in [0.3, 0.4) is 0 Å². The maximum atomic E-state index is 10.0. The molecule has 0 spiro atoms. The number of nitrogens with zero attached hydrogens (tertiary/aromatic N) is 6. The van der Waals surface area contributed by atoms with Crippen molar-refractivity contribution in [2.45, 2.75) is 75.9 Å². The quantitative estimate of drug-likeness (QED) is 0.0133. The van der Waals surface area contributed by atoms with Crippen molar-refractivity contribution in [2.24, 2.45) is 5.41 Å². The highest BCUT2D eigenvalue weighted by Crippen LogP contribution is 2.43. The molecule has 3 aliphatic rings. The normalized spacial score (nSPS) is 15.4. The number of ether oxygens (including phenoxy) is 1. The van der Waals surface area contributed by atoms with Crippen LogP contribution >= 0.6 is 46.4 Å². The Morgan fingerprint density at radius 2 is 0.603 bits per heavy atom. The van der Waals surface area contributed by atoms with Crippen molar-refractivity contribution in [3.63, 3.8) is 0 Å². The van der Waals surface area contributed by atoms with Crippen LogP contribution < -0.4 is 29.4 Å². The number of hydrogen-bond acceptors (Lipinski definition) is 17. The highest BCUT2D eigenvalue weighted by Gasteiger charge is 2.30. The van der Waals surface area contributed by atoms with Crippen LogP contribution in [0.4, 0.5) is 34.1 Å². The third kappa shape index (κ3) is 27.7. The molecule has 0 aromatic heterocycles. The number of benzene rings is 11. The minimum atomic E-state index is -0.528. The zero-order chi connectivity index (χ0) is 89.3. The summed E-state index contributed by atoms with van der Waals surface area (Å²) >= 11 is 24.5. The number of aliphatic hydroxyl groups is 10. The fourth-order valence-corrected chi connectivity index (χ4v) is 17.5. The van der Waals surface area contributed by atoms with Crippen LogP contribution in [0.1, 0.15) is 130 Å². The first-order valence-corrected chi connectivity index (χ1v) is 45.1. The van der Waals surface area contributed by atoms with Gasteiger partial charge in [0.15, 0.2) is 0 Å². The Morgan fingerprint density at radius 3 is 0.881 bits per heavy atom. The maximum Gasteiger partial charge on any atom is 0.0908 e. The smallest absolute Gasteiger partial charge is 0.0908 e. The van der Waals surface area contributed by atoms with Gasteiger partial charge in [-0.15, -0.1) is 0 Å². The first kappa shape index (κ1) is 97.0. The average Bonchev–Trinajstić information content (AvgIpc) is 0.810. The molecule has 2 heterocycles. The van der Waals surface area contributed by atoms with Crippen molar-refractivity contribution >= 4 is 86.1 Å². The summed E-state index contributed by atoms with van der Waals surface area (Å²) in [6, 6.07) is 91.4. The first-order chi connectivity index (χ1) is 61.2. The number of rotatable bonds is 34. The molecule has 0 amide bonds. The third-order valence-electron chi connectivity index (χ3n) is 23.3. The van der Waals surface area contributed by atoms with Crippen LogP contribution in [0.25, 0.3) is 5.57 Å². The number of morpholine rings is 1. The maximum absolute atomic E-state index is 10.0. The lowest BCUT2D eigenvalue weighted by Crippen LogP contribution is -2.38. The van der Waals surface area contributed by atoms with Crippen LogP contribution in [0, 0.1) is 5.41 Å². The Morgan fingerprint density at radius 1 is 0.341 bits per heavy atom. The molecule has 6 unspecified atom stereocenters. The first-order valence-electron chi connectivity index (χ1n) is 43.6. The van der Waals surface area contributed by atoms with Gasteiger partial charge in [-0.25, -0.2) is 0 Å². The van der Waals surface area contributed by atoms with E-state index in [9.17, 15) is 51.1 Å². The van der Waals surface area contributed by atoms with Gasteiger partial charge in [0, 0.05) is 156 Å². The van der Waals surface area contributed by atoms with Crippen LogP contribution in [-0.2, 0) is 4.74 Å². The second kappa shape index (κ2) is 49.7. The molecule has 10 N–H and O–H groups in total. The molecular formula is C105H122Cl4N6O11. The summed E-state index contributed by atoms with van der Waals surface area (Å²) in [5, 5.41) is 97.5. The van der Waals surface area contributed by atoms with Gasteiger partial charge in [0.05, 0.1) is 78.3 Å². The summed E-state index contributed by atoms with van der Waals surface area (Å²) in [5.41, 5.74) is 21.6. The number of hydrogen-bond donors (Lipinski definition) is 10. The molecule has 14 rings (SSSR count). The summed E-state index contributed by atoms with van der Waals surface area (Å²) in [4.78, 5) is 12.5. The largest absolute Gasteiger partial charge is 0.395 e. The molecule has 126 heavy (non-hydrogen) atoms. The Balaban J connectivity index is 0.000000164. The number of β-amino-alcohol motifs (C(OH)–C–C–N with tert-alkyl or cyclic N) is 1. The zero-order valence-corrected chi connectivity index (χ0v) is 75.4. The summed E-state index contributed by atoms with van der Waals surface area (Å²) in [5.74, 6) is 0.383. The Bertz CT molecular complexity index is 4980. The van der Waals surface area contributed by atoms with Crippen molar-refractivity contribution in [1.82, 2.24) is 0 Å². The second-order valence-electron chi connectivity index (χ2n) is 32.9. The predicted octanol–water partition coefficient (Wildman–Crippen LogP) is 17.7. The van der Waals surface area contributed by atoms with E-state index in [4.69, 9.17) is 51.1 Å². The highest BCUT2D eigenvalue weighted by molar-refractivity contribution is 6.31. The van der Waals surface area contributed by atoms with E-state index in [1.807, 2.05) is 105 Å². The molecule has 11 aromatic carbocycles. The number of allylic oxidation sites excluding steroid dienone is 2. The van der Waals surface area contributed by atoms with Crippen molar-refractivity contribution in [1.29, 1.82) is 0 Å².